The lowest BCUT2D eigenvalue weighted by molar-refractivity contribution is 0.0590. The SMILES string of the molecule is COC(=O)c1cccc2nc(COc3ccccc3OC)nn12. The van der Waals surface area contributed by atoms with Crippen molar-refractivity contribution in [2.24, 2.45) is 0 Å². The van der Waals surface area contributed by atoms with Gasteiger partial charge in [0, 0.05) is 0 Å². The van der Waals surface area contributed by atoms with Gasteiger partial charge in [-0.2, -0.15) is 0 Å². The molecule has 7 nitrogen and oxygen atoms in total. The van der Waals surface area contributed by atoms with Gasteiger partial charge in [-0.1, -0.05) is 18.2 Å². The first-order chi connectivity index (χ1) is 11.2. The quantitative estimate of drug-likeness (QED) is 0.672. The van der Waals surface area contributed by atoms with Gasteiger partial charge in [-0.05, 0) is 24.3 Å². The molecule has 3 rings (SSSR count). The van der Waals surface area contributed by atoms with Gasteiger partial charge in [-0.25, -0.2) is 14.3 Å². The van der Waals surface area contributed by atoms with Gasteiger partial charge >= 0.3 is 5.97 Å². The Bertz CT molecular complexity index is 844. The van der Waals surface area contributed by atoms with Crippen LogP contribution in [-0.4, -0.2) is 34.8 Å². The van der Waals surface area contributed by atoms with Crippen LogP contribution < -0.4 is 9.47 Å². The van der Waals surface area contributed by atoms with Crippen LogP contribution in [0, 0.1) is 0 Å². The van der Waals surface area contributed by atoms with Crippen molar-refractivity contribution in [2.45, 2.75) is 6.61 Å². The predicted molar refractivity (Wildman–Crippen MR) is 81.7 cm³/mol. The summed E-state index contributed by atoms with van der Waals surface area (Å²) in [6.07, 6.45) is 0. The van der Waals surface area contributed by atoms with Crippen molar-refractivity contribution in [1.29, 1.82) is 0 Å². The normalized spacial score (nSPS) is 10.5. The summed E-state index contributed by atoms with van der Waals surface area (Å²) in [4.78, 5) is 16.1. The van der Waals surface area contributed by atoms with E-state index in [2.05, 4.69) is 10.1 Å². The van der Waals surface area contributed by atoms with Gasteiger partial charge in [-0.3, -0.25) is 0 Å². The van der Waals surface area contributed by atoms with Crippen LogP contribution in [0.5, 0.6) is 11.5 Å². The number of pyridine rings is 1. The number of carbonyl (C=O) groups is 1. The molecule has 2 heterocycles. The second-order valence-corrected chi connectivity index (χ2v) is 4.64. The van der Waals surface area contributed by atoms with Crippen LogP contribution in [0.4, 0.5) is 0 Å². The maximum atomic E-state index is 11.7. The van der Waals surface area contributed by atoms with Crippen molar-refractivity contribution >= 4 is 11.6 Å². The van der Waals surface area contributed by atoms with Gasteiger partial charge in [0.2, 0.25) is 0 Å². The third kappa shape index (κ3) is 2.94. The van der Waals surface area contributed by atoms with Crippen LogP contribution in [0.2, 0.25) is 0 Å². The standard InChI is InChI=1S/C16H15N3O4/c1-21-12-7-3-4-8-13(12)23-10-14-17-15-9-5-6-11(16(20)22-2)19(15)18-14/h3-9H,10H2,1-2H3. The zero-order valence-corrected chi connectivity index (χ0v) is 12.7. The molecular weight excluding hydrogens is 298 g/mol. The number of ether oxygens (including phenoxy) is 3. The van der Waals surface area contributed by atoms with Crippen LogP contribution in [0.15, 0.2) is 42.5 Å². The van der Waals surface area contributed by atoms with E-state index in [0.29, 0.717) is 28.7 Å². The highest BCUT2D eigenvalue weighted by Crippen LogP contribution is 2.26. The highest BCUT2D eigenvalue weighted by molar-refractivity contribution is 5.88. The molecule has 0 radical (unpaired) electrons. The molecule has 0 saturated carbocycles. The average Bonchev–Trinajstić information content (AvgIpc) is 3.02. The van der Waals surface area contributed by atoms with Gasteiger partial charge in [0.05, 0.1) is 14.2 Å². The fourth-order valence-corrected chi connectivity index (χ4v) is 2.15. The number of para-hydroxylation sites is 2. The number of fused-ring (bicyclic) bond motifs is 1. The zero-order valence-electron chi connectivity index (χ0n) is 12.7. The number of benzene rings is 1. The molecule has 0 aliphatic heterocycles. The van der Waals surface area contributed by atoms with Crippen molar-refractivity contribution < 1.29 is 19.0 Å². The van der Waals surface area contributed by atoms with Crippen LogP contribution in [0.3, 0.4) is 0 Å². The highest BCUT2D eigenvalue weighted by Gasteiger charge is 2.14. The van der Waals surface area contributed by atoms with Crippen LogP contribution >= 0.6 is 0 Å². The van der Waals surface area contributed by atoms with Gasteiger partial charge in [-0.15, -0.1) is 5.10 Å². The number of methoxy groups -OCH3 is 2. The Kier molecular flexibility index (Phi) is 4.09. The molecule has 0 unspecified atom stereocenters. The van der Waals surface area contributed by atoms with E-state index in [1.165, 1.54) is 11.6 Å². The third-order valence-electron chi connectivity index (χ3n) is 3.22. The topological polar surface area (TPSA) is 75.0 Å². The Labute approximate surface area is 132 Å². The molecule has 0 atom stereocenters. The molecule has 23 heavy (non-hydrogen) atoms. The van der Waals surface area contributed by atoms with Crippen molar-refractivity contribution in [3.8, 4) is 11.5 Å². The Balaban J connectivity index is 1.85. The summed E-state index contributed by atoms with van der Waals surface area (Å²) in [6.45, 7) is 0.155. The molecule has 3 aromatic rings. The van der Waals surface area contributed by atoms with E-state index in [-0.39, 0.29) is 6.61 Å². The number of aromatic nitrogens is 3. The number of carbonyl (C=O) groups excluding carboxylic acids is 1. The Morgan fingerprint density at radius 3 is 2.61 bits per heavy atom. The number of esters is 1. The first-order valence-electron chi connectivity index (χ1n) is 6.91. The molecule has 2 aromatic heterocycles. The average molecular weight is 313 g/mol. The molecule has 0 bridgehead atoms. The minimum Gasteiger partial charge on any atom is -0.493 e. The summed E-state index contributed by atoms with van der Waals surface area (Å²) < 4.78 is 17.1. The minimum absolute atomic E-state index is 0.155. The first kappa shape index (κ1) is 14.8. The predicted octanol–water partition coefficient (Wildman–Crippen LogP) is 2.10. The Morgan fingerprint density at radius 1 is 1.09 bits per heavy atom. The van der Waals surface area contributed by atoms with E-state index in [0.717, 1.165) is 0 Å². The molecule has 0 aliphatic carbocycles. The third-order valence-corrected chi connectivity index (χ3v) is 3.22. The lowest BCUT2D eigenvalue weighted by Crippen LogP contribution is -2.09. The van der Waals surface area contributed by atoms with E-state index in [1.54, 1.807) is 31.4 Å². The number of nitrogens with zero attached hydrogens (tertiary/aromatic N) is 3. The molecule has 0 fully saturated rings. The fraction of sp³-hybridized carbons (Fsp3) is 0.188. The molecule has 118 valence electrons. The van der Waals surface area contributed by atoms with Crippen LogP contribution in [-0.2, 0) is 11.3 Å². The first-order valence-corrected chi connectivity index (χ1v) is 6.91. The minimum atomic E-state index is -0.474. The number of hydrogen-bond donors (Lipinski definition) is 0. The van der Waals surface area contributed by atoms with Gasteiger partial charge < -0.3 is 14.2 Å². The zero-order chi connectivity index (χ0) is 16.2. The second kappa shape index (κ2) is 6.35. The summed E-state index contributed by atoms with van der Waals surface area (Å²) in [7, 11) is 2.90. The molecule has 0 N–H and O–H groups in total. The molecule has 0 aliphatic rings. The van der Waals surface area contributed by atoms with Gasteiger partial charge in [0.25, 0.3) is 0 Å². The van der Waals surface area contributed by atoms with Crippen molar-refractivity contribution in [3.05, 3.63) is 54.0 Å². The van der Waals surface area contributed by atoms with Crippen molar-refractivity contribution in [3.63, 3.8) is 0 Å². The van der Waals surface area contributed by atoms with E-state index in [1.807, 2.05) is 18.2 Å². The molecule has 0 amide bonds. The van der Waals surface area contributed by atoms with Crippen molar-refractivity contribution in [1.82, 2.24) is 14.6 Å². The summed E-state index contributed by atoms with van der Waals surface area (Å²) in [5, 5.41) is 4.29. The fourth-order valence-electron chi connectivity index (χ4n) is 2.15. The maximum Gasteiger partial charge on any atom is 0.356 e. The smallest absolute Gasteiger partial charge is 0.356 e. The molecule has 0 saturated heterocycles. The number of hydrogen-bond acceptors (Lipinski definition) is 6. The number of rotatable bonds is 5. The second-order valence-electron chi connectivity index (χ2n) is 4.64. The van der Waals surface area contributed by atoms with Crippen LogP contribution in [0.25, 0.3) is 5.65 Å². The Hall–Kier alpha value is -3.09. The van der Waals surface area contributed by atoms with E-state index in [9.17, 15) is 4.79 Å². The Morgan fingerprint density at radius 2 is 1.87 bits per heavy atom. The van der Waals surface area contributed by atoms with Gasteiger partial charge in [0.1, 0.15) is 6.61 Å². The summed E-state index contributed by atoms with van der Waals surface area (Å²) in [5.41, 5.74) is 0.854. The highest BCUT2D eigenvalue weighted by atomic mass is 16.5. The lowest BCUT2D eigenvalue weighted by Gasteiger charge is -2.08. The largest absolute Gasteiger partial charge is 0.493 e. The summed E-state index contributed by atoms with van der Waals surface area (Å²) in [5.74, 6) is 1.21. The lowest BCUT2D eigenvalue weighted by atomic mass is 10.3. The molecule has 0 spiro atoms. The monoisotopic (exact) mass is 313 g/mol. The van der Waals surface area contributed by atoms with E-state index in [4.69, 9.17) is 14.2 Å². The molecule has 1 aromatic carbocycles. The van der Waals surface area contributed by atoms with E-state index < -0.39 is 5.97 Å². The van der Waals surface area contributed by atoms with Crippen molar-refractivity contribution in [2.75, 3.05) is 14.2 Å². The van der Waals surface area contributed by atoms with E-state index >= 15 is 0 Å². The summed E-state index contributed by atoms with van der Waals surface area (Å²) >= 11 is 0. The summed E-state index contributed by atoms with van der Waals surface area (Å²) in [6, 6.07) is 12.4. The maximum absolute atomic E-state index is 11.7. The van der Waals surface area contributed by atoms with Crippen LogP contribution in [0.1, 0.15) is 16.3 Å². The van der Waals surface area contributed by atoms with Gasteiger partial charge in [0.15, 0.2) is 28.7 Å². The molecular formula is C16H15N3O4. The molecule has 7 heteroatoms.